The van der Waals surface area contributed by atoms with Crippen LogP contribution < -0.4 is 4.72 Å². The third kappa shape index (κ3) is 4.18. The van der Waals surface area contributed by atoms with Crippen LogP contribution in [-0.4, -0.2) is 25.5 Å². The van der Waals surface area contributed by atoms with Gasteiger partial charge in [-0.25, -0.2) is 8.42 Å². The molecule has 0 saturated carbocycles. The van der Waals surface area contributed by atoms with Gasteiger partial charge in [-0.15, -0.1) is 0 Å². The molecule has 0 saturated heterocycles. The van der Waals surface area contributed by atoms with E-state index in [4.69, 9.17) is 5.11 Å². The van der Waals surface area contributed by atoms with Crippen molar-refractivity contribution >= 4 is 16.0 Å². The molecule has 118 valence electrons. The molecule has 0 amide bonds. The second kappa shape index (κ2) is 6.02. The van der Waals surface area contributed by atoms with Gasteiger partial charge in [0.15, 0.2) is 0 Å². The van der Waals surface area contributed by atoms with Gasteiger partial charge in [0.25, 0.3) is 0 Å². The molecule has 1 atom stereocenters. The molecular weight excluding hydrogens is 311 g/mol. The van der Waals surface area contributed by atoms with Crippen LogP contribution in [0.5, 0.6) is 0 Å². The molecule has 0 fully saturated rings. The fourth-order valence-electron chi connectivity index (χ4n) is 1.64. The Balaban J connectivity index is 3.30. The molecule has 0 aliphatic rings. The summed E-state index contributed by atoms with van der Waals surface area (Å²) in [7, 11) is -4.61. The highest BCUT2D eigenvalue weighted by Crippen LogP contribution is 2.34. The lowest BCUT2D eigenvalue weighted by Gasteiger charge is -2.19. The third-order valence-electron chi connectivity index (χ3n) is 2.70. The van der Waals surface area contributed by atoms with E-state index in [0.717, 1.165) is 18.2 Å². The van der Waals surface area contributed by atoms with Crippen LogP contribution >= 0.6 is 0 Å². The number of rotatable bonds is 5. The lowest BCUT2D eigenvalue weighted by molar-refractivity contribution is -0.140. The van der Waals surface area contributed by atoms with Crippen molar-refractivity contribution in [1.29, 1.82) is 0 Å². The number of aliphatic carboxylic acids is 1. The average Bonchev–Trinajstić information content (AvgIpc) is 2.34. The molecule has 0 aliphatic heterocycles. The van der Waals surface area contributed by atoms with Gasteiger partial charge in [-0.1, -0.05) is 26.0 Å². The summed E-state index contributed by atoms with van der Waals surface area (Å²) in [5.74, 6) is -2.09. The Morgan fingerprint density at radius 2 is 1.76 bits per heavy atom. The molecule has 0 aliphatic carbocycles. The number of halogens is 3. The molecule has 9 heteroatoms. The van der Waals surface area contributed by atoms with Crippen molar-refractivity contribution in [2.45, 2.75) is 31.0 Å². The number of sulfonamides is 1. The molecule has 0 heterocycles. The number of hydrogen-bond acceptors (Lipinski definition) is 3. The van der Waals surface area contributed by atoms with E-state index in [1.807, 2.05) is 0 Å². The number of carboxylic acid groups (broad SMARTS) is 1. The number of carbonyl (C=O) groups is 1. The van der Waals surface area contributed by atoms with Crippen molar-refractivity contribution < 1.29 is 31.5 Å². The minimum absolute atomic E-state index is 0.625. The first-order chi connectivity index (χ1) is 9.47. The van der Waals surface area contributed by atoms with Crippen LogP contribution in [0.3, 0.4) is 0 Å². The van der Waals surface area contributed by atoms with E-state index < -0.39 is 44.6 Å². The summed E-state index contributed by atoms with van der Waals surface area (Å²) in [6.45, 7) is 2.88. The van der Waals surface area contributed by atoms with Gasteiger partial charge in [-0.05, 0) is 18.1 Å². The monoisotopic (exact) mass is 325 g/mol. The van der Waals surface area contributed by atoms with Crippen LogP contribution in [0.2, 0.25) is 0 Å². The zero-order valence-electron chi connectivity index (χ0n) is 11.2. The van der Waals surface area contributed by atoms with Crippen molar-refractivity contribution in [3.63, 3.8) is 0 Å². The van der Waals surface area contributed by atoms with Crippen LogP contribution in [0.25, 0.3) is 0 Å². The quantitative estimate of drug-likeness (QED) is 0.868. The Morgan fingerprint density at radius 3 is 2.19 bits per heavy atom. The Labute approximate surface area is 119 Å². The molecule has 0 aromatic heterocycles. The number of carboxylic acids is 1. The molecular formula is C12H14F3NO4S. The van der Waals surface area contributed by atoms with Gasteiger partial charge in [-0.2, -0.15) is 17.9 Å². The van der Waals surface area contributed by atoms with Crippen molar-refractivity contribution in [3.05, 3.63) is 29.8 Å². The van der Waals surface area contributed by atoms with E-state index >= 15 is 0 Å². The zero-order chi connectivity index (χ0) is 16.4. The first-order valence-corrected chi connectivity index (χ1v) is 7.36. The molecule has 0 bridgehead atoms. The normalized spacial score (nSPS) is 14.2. The zero-order valence-corrected chi connectivity index (χ0v) is 12.0. The third-order valence-corrected chi connectivity index (χ3v) is 4.20. The maximum absolute atomic E-state index is 12.8. The number of benzene rings is 1. The minimum Gasteiger partial charge on any atom is -0.480 e. The second-order valence-electron chi connectivity index (χ2n) is 4.68. The summed E-state index contributed by atoms with van der Waals surface area (Å²) in [5.41, 5.74) is -1.34. The Bertz CT molecular complexity index is 626. The van der Waals surface area contributed by atoms with Crippen molar-refractivity contribution in [3.8, 4) is 0 Å². The summed E-state index contributed by atoms with van der Waals surface area (Å²) in [4.78, 5) is 9.99. The summed E-state index contributed by atoms with van der Waals surface area (Å²) in [5, 5.41) is 8.93. The number of hydrogen-bond donors (Lipinski definition) is 2. The summed E-state index contributed by atoms with van der Waals surface area (Å²) < 4.78 is 64.4. The van der Waals surface area contributed by atoms with Crippen LogP contribution in [-0.2, 0) is 21.0 Å². The Kier molecular flexibility index (Phi) is 5.00. The Morgan fingerprint density at radius 1 is 1.24 bits per heavy atom. The molecule has 1 aromatic carbocycles. The van der Waals surface area contributed by atoms with Crippen LogP contribution in [0, 0.1) is 5.92 Å². The molecule has 0 spiro atoms. The van der Waals surface area contributed by atoms with Gasteiger partial charge in [0.1, 0.15) is 6.04 Å². The van der Waals surface area contributed by atoms with Gasteiger partial charge in [0.05, 0.1) is 10.5 Å². The standard InChI is InChI=1S/C12H14F3NO4S/c1-7(2)10(11(17)18)16-21(19,20)9-6-4-3-5-8(9)12(13,14)15/h3-7,10,16H,1-2H3,(H,17,18)/t10-/m1/s1. The summed E-state index contributed by atoms with van der Waals surface area (Å²) >= 11 is 0. The molecule has 5 nitrogen and oxygen atoms in total. The lowest BCUT2D eigenvalue weighted by atomic mass is 10.1. The van der Waals surface area contributed by atoms with Crippen molar-refractivity contribution in [1.82, 2.24) is 4.72 Å². The molecule has 1 rings (SSSR count). The average molecular weight is 325 g/mol. The van der Waals surface area contributed by atoms with Crippen molar-refractivity contribution in [2.75, 3.05) is 0 Å². The topological polar surface area (TPSA) is 83.5 Å². The molecule has 0 radical (unpaired) electrons. The highest BCUT2D eigenvalue weighted by atomic mass is 32.2. The summed E-state index contributed by atoms with van der Waals surface area (Å²) in [6, 6.07) is 2.08. The molecule has 2 N–H and O–H groups in total. The van der Waals surface area contributed by atoms with E-state index in [0.29, 0.717) is 6.07 Å². The summed E-state index contributed by atoms with van der Waals surface area (Å²) in [6.07, 6.45) is -4.86. The lowest BCUT2D eigenvalue weighted by Crippen LogP contribution is -2.44. The predicted octanol–water partition coefficient (Wildman–Crippen LogP) is 2.09. The molecule has 0 unspecified atom stereocenters. The van der Waals surface area contributed by atoms with Crippen LogP contribution in [0.15, 0.2) is 29.2 Å². The van der Waals surface area contributed by atoms with Gasteiger partial charge in [-0.3, -0.25) is 4.79 Å². The molecule has 21 heavy (non-hydrogen) atoms. The van der Waals surface area contributed by atoms with E-state index in [9.17, 15) is 26.4 Å². The van der Waals surface area contributed by atoms with E-state index in [2.05, 4.69) is 0 Å². The number of alkyl halides is 3. The largest absolute Gasteiger partial charge is 0.480 e. The second-order valence-corrected chi connectivity index (χ2v) is 6.36. The minimum atomic E-state index is -4.86. The molecule has 1 aromatic rings. The first kappa shape index (κ1) is 17.4. The SMILES string of the molecule is CC(C)[C@@H](NS(=O)(=O)c1ccccc1C(F)(F)F)C(=O)O. The highest BCUT2D eigenvalue weighted by molar-refractivity contribution is 7.89. The highest BCUT2D eigenvalue weighted by Gasteiger charge is 2.38. The van der Waals surface area contributed by atoms with Gasteiger partial charge >= 0.3 is 12.1 Å². The van der Waals surface area contributed by atoms with Crippen LogP contribution in [0.4, 0.5) is 13.2 Å². The number of nitrogens with one attached hydrogen (secondary N) is 1. The smallest absolute Gasteiger partial charge is 0.417 e. The van der Waals surface area contributed by atoms with Gasteiger partial charge in [0, 0.05) is 0 Å². The fraction of sp³-hybridized carbons (Fsp3) is 0.417. The fourth-order valence-corrected chi connectivity index (χ4v) is 3.20. The van der Waals surface area contributed by atoms with Gasteiger partial charge < -0.3 is 5.11 Å². The predicted molar refractivity (Wildman–Crippen MR) is 68.0 cm³/mol. The Hall–Kier alpha value is -1.61. The van der Waals surface area contributed by atoms with E-state index in [1.165, 1.54) is 13.8 Å². The van der Waals surface area contributed by atoms with E-state index in [1.54, 1.807) is 4.72 Å². The van der Waals surface area contributed by atoms with E-state index in [-0.39, 0.29) is 0 Å². The maximum Gasteiger partial charge on any atom is 0.417 e. The van der Waals surface area contributed by atoms with Crippen molar-refractivity contribution in [2.24, 2.45) is 5.92 Å². The maximum atomic E-state index is 12.8. The first-order valence-electron chi connectivity index (χ1n) is 5.88. The van der Waals surface area contributed by atoms with Gasteiger partial charge in [0.2, 0.25) is 10.0 Å². The van der Waals surface area contributed by atoms with Crippen LogP contribution in [0.1, 0.15) is 19.4 Å².